The molecule has 3 nitrogen and oxygen atoms in total. The van der Waals surface area contributed by atoms with Crippen LogP contribution in [0.15, 0.2) is 12.2 Å². The molecule has 0 radical (unpaired) electrons. The van der Waals surface area contributed by atoms with Gasteiger partial charge in [-0.2, -0.15) is 0 Å². The molecule has 0 aromatic heterocycles. The highest BCUT2D eigenvalue weighted by molar-refractivity contribution is 5.73. The van der Waals surface area contributed by atoms with Gasteiger partial charge in [0.2, 0.25) is 5.91 Å². The molecule has 0 heterocycles. The molecule has 0 rings (SSSR count). The average Bonchev–Trinajstić information content (AvgIpc) is 2.50. The fourth-order valence-electron chi connectivity index (χ4n) is 2.53. The highest BCUT2D eigenvalue weighted by Gasteiger charge is 1.98. The summed E-state index contributed by atoms with van der Waals surface area (Å²) in [6.07, 6.45) is 19.7. The lowest BCUT2D eigenvalue weighted by Gasteiger charge is -2.06. The van der Waals surface area contributed by atoms with Crippen molar-refractivity contribution in [2.75, 3.05) is 6.61 Å². The lowest BCUT2D eigenvalue weighted by Crippen LogP contribution is -2.09. The van der Waals surface area contributed by atoms with Gasteiger partial charge in [-0.25, -0.2) is 0 Å². The van der Waals surface area contributed by atoms with E-state index in [-0.39, 0.29) is 5.91 Å². The topological polar surface area (TPSA) is 63.3 Å². The minimum absolute atomic E-state index is 0.175. The second-order valence-corrected chi connectivity index (χ2v) is 6.52. The summed E-state index contributed by atoms with van der Waals surface area (Å²) in [4.78, 5) is 10.6. The van der Waals surface area contributed by atoms with Gasteiger partial charge < -0.3 is 10.8 Å². The summed E-state index contributed by atoms with van der Waals surface area (Å²) in [6, 6.07) is 0. The van der Waals surface area contributed by atoms with Crippen molar-refractivity contribution in [2.45, 2.75) is 90.4 Å². The number of primary amides is 1. The molecular formula is C19H37NO2. The first-order chi connectivity index (χ1) is 10.7. The first kappa shape index (κ1) is 21.2. The Bertz CT molecular complexity index is 277. The number of unbranched alkanes of at least 4 members (excludes halogenated alkanes) is 9. The minimum Gasteiger partial charge on any atom is -0.396 e. The Morgan fingerprint density at radius 1 is 0.909 bits per heavy atom. The van der Waals surface area contributed by atoms with E-state index in [0.717, 1.165) is 19.3 Å². The van der Waals surface area contributed by atoms with Gasteiger partial charge in [-0.3, -0.25) is 4.79 Å². The van der Waals surface area contributed by atoms with Crippen LogP contribution in [-0.4, -0.2) is 17.6 Å². The van der Waals surface area contributed by atoms with Gasteiger partial charge >= 0.3 is 0 Å². The third kappa shape index (κ3) is 17.2. The van der Waals surface area contributed by atoms with Crippen LogP contribution in [0.2, 0.25) is 0 Å². The molecule has 0 aromatic rings. The Morgan fingerprint density at radius 3 is 1.95 bits per heavy atom. The molecule has 0 aromatic carbocycles. The van der Waals surface area contributed by atoms with Gasteiger partial charge in [0, 0.05) is 13.0 Å². The Hall–Kier alpha value is -0.830. The fraction of sp³-hybridized carbons (Fsp3) is 0.842. The number of allylic oxidation sites excluding steroid dienone is 2. The van der Waals surface area contributed by atoms with Crippen LogP contribution in [-0.2, 0) is 4.79 Å². The maximum atomic E-state index is 10.6. The second-order valence-electron chi connectivity index (χ2n) is 6.52. The van der Waals surface area contributed by atoms with E-state index in [1.165, 1.54) is 57.8 Å². The van der Waals surface area contributed by atoms with Gasteiger partial charge in [0.15, 0.2) is 0 Å². The largest absolute Gasteiger partial charge is 0.396 e. The molecule has 0 saturated heterocycles. The Kier molecular flexibility index (Phi) is 15.9. The van der Waals surface area contributed by atoms with Crippen molar-refractivity contribution in [2.24, 2.45) is 11.7 Å². The Balaban J connectivity index is 3.13. The van der Waals surface area contributed by atoms with Crippen molar-refractivity contribution in [1.29, 1.82) is 0 Å². The molecule has 0 spiro atoms. The summed E-state index contributed by atoms with van der Waals surface area (Å²) in [5.41, 5.74) is 5.10. The number of nitrogens with two attached hydrogens (primary N) is 1. The molecule has 1 unspecified atom stereocenters. The lowest BCUT2D eigenvalue weighted by molar-refractivity contribution is -0.118. The molecule has 0 bridgehead atoms. The van der Waals surface area contributed by atoms with Crippen LogP contribution in [0.5, 0.6) is 0 Å². The van der Waals surface area contributed by atoms with Crippen molar-refractivity contribution in [3.63, 3.8) is 0 Å². The van der Waals surface area contributed by atoms with Crippen molar-refractivity contribution < 1.29 is 9.90 Å². The van der Waals surface area contributed by atoms with Gasteiger partial charge in [0.05, 0.1) is 0 Å². The van der Waals surface area contributed by atoms with Crippen molar-refractivity contribution in [1.82, 2.24) is 0 Å². The number of rotatable bonds is 16. The van der Waals surface area contributed by atoms with E-state index in [4.69, 9.17) is 10.8 Å². The maximum Gasteiger partial charge on any atom is 0.217 e. The van der Waals surface area contributed by atoms with Gasteiger partial charge in [0.1, 0.15) is 0 Å². The van der Waals surface area contributed by atoms with E-state index in [1.54, 1.807) is 0 Å². The Morgan fingerprint density at radius 2 is 1.41 bits per heavy atom. The zero-order valence-electron chi connectivity index (χ0n) is 14.6. The summed E-state index contributed by atoms with van der Waals surface area (Å²) in [5.74, 6) is 0.293. The van der Waals surface area contributed by atoms with E-state index in [1.807, 2.05) is 0 Å². The first-order valence-electron chi connectivity index (χ1n) is 9.21. The summed E-state index contributed by atoms with van der Waals surface area (Å²) >= 11 is 0. The van der Waals surface area contributed by atoms with Gasteiger partial charge in [-0.05, 0) is 44.4 Å². The molecule has 130 valence electrons. The Labute approximate surface area is 137 Å². The monoisotopic (exact) mass is 311 g/mol. The van der Waals surface area contributed by atoms with Crippen LogP contribution in [0, 0.1) is 5.92 Å². The van der Waals surface area contributed by atoms with Gasteiger partial charge in [-0.1, -0.05) is 57.6 Å². The van der Waals surface area contributed by atoms with E-state index in [0.29, 0.717) is 18.9 Å². The highest BCUT2D eigenvalue weighted by atomic mass is 16.3. The lowest BCUT2D eigenvalue weighted by atomic mass is 10.0. The normalized spacial score (nSPS) is 12.8. The number of amides is 1. The van der Waals surface area contributed by atoms with Crippen molar-refractivity contribution in [3.8, 4) is 0 Å². The number of hydrogen-bond donors (Lipinski definition) is 2. The zero-order valence-corrected chi connectivity index (χ0v) is 14.6. The molecule has 0 aliphatic heterocycles. The average molecular weight is 312 g/mol. The smallest absolute Gasteiger partial charge is 0.217 e. The summed E-state index contributed by atoms with van der Waals surface area (Å²) < 4.78 is 0. The van der Waals surface area contributed by atoms with Crippen LogP contribution < -0.4 is 5.73 Å². The zero-order chi connectivity index (χ0) is 16.5. The van der Waals surface area contributed by atoms with Crippen LogP contribution >= 0.6 is 0 Å². The third-order valence-electron chi connectivity index (χ3n) is 4.09. The molecule has 0 fully saturated rings. The fourth-order valence-corrected chi connectivity index (χ4v) is 2.53. The molecule has 22 heavy (non-hydrogen) atoms. The van der Waals surface area contributed by atoms with E-state index in [9.17, 15) is 4.79 Å². The number of aliphatic hydroxyl groups excluding tert-OH is 1. The standard InChI is InChI=1S/C19H37NO2/c1-18(17-21)15-13-11-9-7-5-3-2-4-6-8-10-12-14-16-19(20)22/h2-3,18,21H,4-17H2,1H3,(H2,20,22)/b3-2-. The predicted octanol–water partition coefficient (Wildman–Crippen LogP) is 4.73. The summed E-state index contributed by atoms with van der Waals surface area (Å²) in [5, 5.41) is 8.93. The van der Waals surface area contributed by atoms with Crippen molar-refractivity contribution >= 4 is 5.91 Å². The number of hydrogen-bond acceptors (Lipinski definition) is 2. The highest BCUT2D eigenvalue weighted by Crippen LogP contribution is 2.11. The molecule has 0 aliphatic rings. The third-order valence-corrected chi connectivity index (χ3v) is 4.09. The first-order valence-corrected chi connectivity index (χ1v) is 9.21. The molecule has 1 atom stereocenters. The summed E-state index contributed by atoms with van der Waals surface area (Å²) in [6.45, 7) is 2.44. The van der Waals surface area contributed by atoms with Crippen molar-refractivity contribution in [3.05, 3.63) is 12.2 Å². The van der Waals surface area contributed by atoms with Crippen LogP contribution in [0.25, 0.3) is 0 Å². The van der Waals surface area contributed by atoms with E-state index >= 15 is 0 Å². The number of aliphatic hydroxyl groups is 1. The maximum absolute atomic E-state index is 10.6. The summed E-state index contributed by atoms with van der Waals surface area (Å²) in [7, 11) is 0. The minimum atomic E-state index is -0.175. The van der Waals surface area contributed by atoms with Crippen LogP contribution in [0.1, 0.15) is 90.4 Å². The van der Waals surface area contributed by atoms with Gasteiger partial charge in [0.25, 0.3) is 0 Å². The van der Waals surface area contributed by atoms with Crippen LogP contribution in [0.3, 0.4) is 0 Å². The molecule has 0 saturated carbocycles. The number of carbonyl (C=O) groups is 1. The van der Waals surface area contributed by atoms with E-state index < -0.39 is 0 Å². The number of carbonyl (C=O) groups excluding carboxylic acids is 1. The predicted molar refractivity (Wildman–Crippen MR) is 94.6 cm³/mol. The van der Waals surface area contributed by atoms with Gasteiger partial charge in [-0.15, -0.1) is 0 Å². The molecule has 1 amide bonds. The molecule has 0 aliphatic carbocycles. The van der Waals surface area contributed by atoms with E-state index in [2.05, 4.69) is 19.1 Å². The molecular weight excluding hydrogens is 274 g/mol. The quantitative estimate of drug-likeness (QED) is 0.320. The molecule has 3 heteroatoms. The SMILES string of the molecule is CC(CO)CCCCCC/C=C\CCCCCCCC(N)=O. The van der Waals surface area contributed by atoms with Crippen LogP contribution in [0.4, 0.5) is 0 Å². The second kappa shape index (κ2) is 16.5. The molecule has 3 N–H and O–H groups in total.